The van der Waals surface area contributed by atoms with Crippen molar-refractivity contribution in [2.75, 3.05) is 13.1 Å². The van der Waals surface area contributed by atoms with E-state index in [1.807, 2.05) is 57.2 Å². The van der Waals surface area contributed by atoms with Crippen LogP contribution in [0.5, 0.6) is 5.75 Å². The number of fused-ring (bicyclic) bond motifs is 1. The zero-order valence-electron chi connectivity index (χ0n) is 23.7. The monoisotopic (exact) mass is 562 g/mol. The molecule has 212 valence electrons. The number of likely N-dealkylation sites (tertiary alicyclic amines) is 1. The lowest BCUT2D eigenvalue weighted by Crippen LogP contribution is -2.52. The minimum Gasteiger partial charge on any atom is -0.487 e. The predicted molar refractivity (Wildman–Crippen MR) is 156 cm³/mol. The summed E-state index contributed by atoms with van der Waals surface area (Å²) in [7, 11) is -3.39. The fraction of sp³-hybridized carbons (Fsp3) is 0.438. The smallest absolute Gasteiger partial charge is 0.410 e. The van der Waals surface area contributed by atoms with Gasteiger partial charge in [0.1, 0.15) is 22.2 Å². The number of pyridine rings is 1. The van der Waals surface area contributed by atoms with Crippen molar-refractivity contribution in [3.63, 3.8) is 0 Å². The van der Waals surface area contributed by atoms with Crippen molar-refractivity contribution in [1.82, 2.24) is 9.88 Å². The van der Waals surface area contributed by atoms with Gasteiger partial charge < -0.3 is 14.4 Å². The van der Waals surface area contributed by atoms with Gasteiger partial charge in [-0.25, -0.2) is 13.2 Å². The van der Waals surface area contributed by atoms with Gasteiger partial charge in [0.15, 0.2) is 9.84 Å². The molecule has 1 saturated heterocycles. The summed E-state index contributed by atoms with van der Waals surface area (Å²) >= 11 is 0. The van der Waals surface area contributed by atoms with Crippen molar-refractivity contribution >= 4 is 15.9 Å². The average Bonchev–Trinajstić information content (AvgIpc) is 2.92. The first-order valence-corrected chi connectivity index (χ1v) is 15.7. The Morgan fingerprint density at radius 2 is 1.73 bits per heavy atom. The van der Waals surface area contributed by atoms with E-state index in [0.29, 0.717) is 18.8 Å². The number of amides is 1. The van der Waals surface area contributed by atoms with Gasteiger partial charge in [-0.05, 0) is 87.1 Å². The third-order valence-corrected chi connectivity index (χ3v) is 9.92. The Kier molecular flexibility index (Phi) is 7.66. The normalized spacial score (nSPS) is 17.6. The predicted octanol–water partition coefficient (Wildman–Crippen LogP) is 6.52. The molecular formula is C32H38N2O5S. The number of hydrogen-bond acceptors (Lipinski definition) is 6. The van der Waals surface area contributed by atoms with Gasteiger partial charge in [-0.15, -0.1) is 0 Å². The lowest BCUT2D eigenvalue weighted by Gasteiger charge is -2.44. The minimum absolute atomic E-state index is 0.0313. The Bertz CT molecular complexity index is 1460. The van der Waals surface area contributed by atoms with Gasteiger partial charge >= 0.3 is 6.09 Å². The summed E-state index contributed by atoms with van der Waals surface area (Å²) in [4.78, 5) is 18.5. The van der Waals surface area contributed by atoms with Crippen molar-refractivity contribution < 1.29 is 22.7 Å². The van der Waals surface area contributed by atoms with Crippen LogP contribution in [0.1, 0.15) is 69.0 Å². The van der Waals surface area contributed by atoms with Gasteiger partial charge in [0, 0.05) is 32.1 Å². The van der Waals surface area contributed by atoms with Crippen LogP contribution in [-0.4, -0.2) is 48.7 Å². The highest BCUT2D eigenvalue weighted by Gasteiger charge is 2.41. The molecule has 3 heterocycles. The van der Waals surface area contributed by atoms with Gasteiger partial charge in [-0.2, -0.15) is 0 Å². The summed E-state index contributed by atoms with van der Waals surface area (Å²) in [5, 5.41) is -0.665. The van der Waals surface area contributed by atoms with E-state index in [1.54, 1.807) is 30.2 Å². The molecule has 0 aliphatic carbocycles. The van der Waals surface area contributed by atoms with Crippen LogP contribution >= 0.6 is 0 Å². The molecule has 0 saturated carbocycles. The van der Waals surface area contributed by atoms with Crippen LogP contribution in [0.15, 0.2) is 66.9 Å². The third-order valence-electron chi connectivity index (χ3n) is 7.86. The molecule has 40 heavy (non-hydrogen) atoms. The van der Waals surface area contributed by atoms with E-state index in [0.717, 1.165) is 48.1 Å². The molecule has 2 aliphatic heterocycles. The van der Waals surface area contributed by atoms with E-state index in [4.69, 9.17) is 9.47 Å². The number of ether oxygens (including phenoxy) is 2. The van der Waals surface area contributed by atoms with Crippen molar-refractivity contribution in [2.24, 2.45) is 0 Å². The molecule has 1 aromatic heterocycles. The fourth-order valence-electron chi connectivity index (χ4n) is 5.43. The molecule has 5 rings (SSSR count). The van der Waals surface area contributed by atoms with E-state index in [-0.39, 0.29) is 17.4 Å². The summed E-state index contributed by atoms with van der Waals surface area (Å²) in [5.74, 6) is 0.878. The van der Waals surface area contributed by atoms with Crippen LogP contribution in [-0.2, 0) is 26.7 Å². The summed E-state index contributed by atoms with van der Waals surface area (Å²) in [6.45, 7) is 8.61. The molecule has 1 unspecified atom stereocenters. The van der Waals surface area contributed by atoms with Crippen molar-refractivity contribution in [3.05, 3.63) is 83.7 Å². The summed E-state index contributed by atoms with van der Waals surface area (Å²) in [5.41, 5.74) is 3.86. The van der Waals surface area contributed by atoms with Crippen LogP contribution in [0.2, 0.25) is 0 Å². The first-order valence-electron chi connectivity index (χ1n) is 13.9. The molecule has 1 atom stereocenters. The Labute approximate surface area is 237 Å². The number of piperidine rings is 1. The highest BCUT2D eigenvalue weighted by Crippen LogP contribution is 2.41. The quantitative estimate of drug-likeness (QED) is 0.352. The van der Waals surface area contributed by atoms with Gasteiger partial charge in [0.25, 0.3) is 0 Å². The maximum atomic E-state index is 13.0. The van der Waals surface area contributed by atoms with E-state index >= 15 is 0 Å². The zero-order valence-corrected chi connectivity index (χ0v) is 24.5. The molecule has 1 fully saturated rings. The number of nitrogens with zero attached hydrogens (tertiary/aromatic N) is 2. The molecule has 1 spiro atoms. The molecule has 2 aromatic carbocycles. The molecule has 0 radical (unpaired) electrons. The minimum atomic E-state index is -3.39. The number of carbonyl (C=O) groups excluding carboxylic acids is 1. The van der Waals surface area contributed by atoms with Crippen LogP contribution in [0, 0.1) is 0 Å². The lowest BCUT2D eigenvalue weighted by atomic mass is 9.82. The number of rotatable bonds is 5. The molecule has 0 bridgehead atoms. The van der Waals surface area contributed by atoms with Gasteiger partial charge in [0.05, 0.1) is 11.4 Å². The van der Waals surface area contributed by atoms with E-state index in [1.165, 1.54) is 5.56 Å². The molecule has 7 nitrogen and oxygen atoms in total. The SMILES string of the molecule is CC(c1ccccn1)S(=O)(=O)Cc1ccc(-c2ccc3c(c2)CCC2(CCN(C(=O)OC(C)(C)C)CC2)O3)cc1. The van der Waals surface area contributed by atoms with E-state index in [9.17, 15) is 13.2 Å². The fourth-order valence-corrected chi connectivity index (χ4v) is 6.84. The maximum absolute atomic E-state index is 13.0. The number of hydrogen-bond donors (Lipinski definition) is 0. The second-order valence-corrected chi connectivity index (χ2v) is 14.3. The Morgan fingerprint density at radius 1 is 1.02 bits per heavy atom. The van der Waals surface area contributed by atoms with Crippen LogP contribution in [0.4, 0.5) is 4.79 Å². The zero-order chi connectivity index (χ0) is 28.5. The number of aryl methyl sites for hydroxylation is 1. The molecular weight excluding hydrogens is 524 g/mol. The van der Waals surface area contributed by atoms with Crippen LogP contribution < -0.4 is 4.74 Å². The van der Waals surface area contributed by atoms with Crippen molar-refractivity contribution in [2.45, 2.75) is 75.6 Å². The molecule has 8 heteroatoms. The third kappa shape index (κ3) is 6.33. The van der Waals surface area contributed by atoms with Gasteiger partial charge in [-0.1, -0.05) is 36.4 Å². The Hall–Kier alpha value is -3.39. The number of carbonyl (C=O) groups is 1. The second kappa shape index (κ2) is 10.9. The summed E-state index contributed by atoms with van der Waals surface area (Å²) < 4.78 is 38.0. The van der Waals surface area contributed by atoms with Crippen LogP contribution in [0.25, 0.3) is 11.1 Å². The second-order valence-electron chi connectivity index (χ2n) is 12.0. The Morgan fingerprint density at radius 3 is 2.38 bits per heavy atom. The number of benzene rings is 2. The van der Waals surface area contributed by atoms with Crippen molar-refractivity contribution in [3.8, 4) is 16.9 Å². The highest BCUT2D eigenvalue weighted by atomic mass is 32.2. The first-order chi connectivity index (χ1) is 18.9. The summed E-state index contributed by atoms with van der Waals surface area (Å²) in [6.07, 6.45) is 4.77. The number of aromatic nitrogens is 1. The number of sulfone groups is 1. The first kappa shape index (κ1) is 28.1. The molecule has 3 aromatic rings. The molecule has 2 aliphatic rings. The topological polar surface area (TPSA) is 85.8 Å². The maximum Gasteiger partial charge on any atom is 0.410 e. The van der Waals surface area contributed by atoms with E-state index < -0.39 is 20.7 Å². The molecule has 0 N–H and O–H groups in total. The van der Waals surface area contributed by atoms with E-state index in [2.05, 4.69) is 17.1 Å². The molecule has 1 amide bonds. The van der Waals surface area contributed by atoms with Crippen molar-refractivity contribution in [1.29, 1.82) is 0 Å². The highest BCUT2D eigenvalue weighted by molar-refractivity contribution is 7.90. The Balaban J connectivity index is 1.22. The lowest BCUT2D eigenvalue weighted by molar-refractivity contribution is -0.0272. The van der Waals surface area contributed by atoms with Crippen LogP contribution in [0.3, 0.4) is 0 Å². The summed E-state index contributed by atoms with van der Waals surface area (Å²) in [6, 6.07) is 19.4. The van der Waals surface area contributed by atoms with Gasteiger partial charge in [-0.3, -0.25) is 4.98 Å². The largest absolute Gasteiger partial charge is 0.487 e. The van der Waals surface area contributed by atoms with Gasteiger partial charge in [0.2, 0.25) is 0 Å². The average molecular weight is 563 g/mol. The standard InChI is InChI=1S/C32H38N2O5S/c1-23(28-7-5-6-18-33-28)40(36,37)22-24-8-10-25(11-9-24)26-12-13-29-27(21-26)14-15-32(38-29)16-19-34(20-17-32)30(35)39-31(2,3)4/h5-13,18,21,23H,14-17,19-20,22H2,1-4H3.